The molecule has 0 bridgehead atoms. The molecule has 0 saturated carbocycles. The third kappa shape index (κ3) is 4.29. The van der Waals surface area contributed by atoms with Crippen molar-refractivity contribution in [3.63, 3.8) is 0 Å². The number of hydrogen-bond acceptors (Lipinski definition) is 5. The van der Waals surface area contributed by atoms with Crippen LogP contribution >= 0.6 is 0 Å². The maximum atomic E-state index is 11.5. The first-order valence-corrected chi connectivity index (χ1v) is 7.34. The van der Waals surface area contributed by atoms with E-state index in [9.17, 15) is 9.59 Å². The van der Waals surface area contributed by atoms with Crippen LogP contribution in [0.2, 0.25) is 0 Å². The van der Waals surface area contributed by atoms with E-state index >= 15 is 0 Å². The largest absolute Gasteiger partial charge is 0.465 e. The van der Waals surface area contributed by atoms with Crippen LogP contribution in [0.15, 0.2) is 24.3 Å². The Balaban J connectivity index is 1.86. The lowest BCUT2D eigenvalue weighted by Crippen LogP contribution is -2.48. The summed E-state index contributed by atoms with van der Waals surface area (Å²) in [6.07, 6.45) is 0. The van der Waals surface area contributed by atoms with Crippen LogP contribution in [0, 0.1) is 0 Å². The molecule has 0 atom stereocenters. The number of Topliss-reactive ketones (excluding diaryl/α,β-unsaturated/α-hetero) is 1. The number of rotatable bonds is 5. The van der Waals surface area contributed by atoms with Crippen molar-refractivity contribution >= 4 is 17.4 Å². The summed E-state index contributed by atoms with van der Waals surface area (Å²) in [4.78, 5) is 27.1. The minimum absolute atomic E-state index is 0.0841. The summed E-state index contributed by atoms with van der Waals surface area (Å²) in [5, 5.41) is 0. The average Bonchev–Trinajstić information content (AvgIpc) is 2.48. The zero-order valence-corrected chi connectivity index (χ0v) is 12.7. The predicted octanol–water partition coefficient (Wildman–Crippen LogP) is 1.57. The fourth-order valence-electron chi connectivity index (χ4n) is 2.46. The molecular formula is C16H22N2O3. The maximum absolute atomic E-state index is 11.5. The topological polar surface area (TPSA) is 49.9 Å². The molecule has 5 nitrogen and oxygen atoms in total. The summed E-state index contributed by atoms with van der Waals surface area (Å²) in [6, 6.07) is 7.70. The van der Waals surface area contributed by atoms with Crippen molar-refractivity contribution in [3.05, 3.63) is 29.8 Å². The molecule has 1 aliphatic heterocycles. The summed E-state index contributed by atoms with van der Waals surface area (Å²) in [5.41, 5.74) is 1.86. The highest BCUT2D eigenvalue weighted by atomic mass is 16.5. The Hall–Kier alpha value is -1.88. The van der Waals surface area contributed by atoms with Crippen LogP contribution in [0.1, 0.15) is 24.2 Å². The van der Waals surface area contributed by atoms with Crippen molar-refractivity contribution in [1.29, 1.82) is 0 Å². The second-order valence-corrected chi connectivity index (χ2v) is 5.17. The van der Waals surface area contributed by atoms with E-state index < -0.39 is 0 Å². The molecule has 1 heterocycles. The van der Waals surface area contributed by atoms with Gasteiger partial charge in [0.15, 0.2) is 5.78 Å². The van der Waals surface area contributed by atoms with E-state index in [0.717, 1.165) is 37.4 Å². The van der Waals surface area contributed by atoms with Crippen molar-refractivity contribution in [2.75, 3.05) is 44.2 Å². The summed E-state index contributed by atoms with van der Waals surface area (Å²) >= 11 is 0. The normalized spacial score (nSPS) is 15.8. The molecule has 114 valence electrons. The fourth-order valence-corrected chi connectivity index (χ4v) is 2.46. The van der Waals surface area contributed by atoms with E-state index in [1.165, 1.54) is 0 Å². The molecule has 1 aromatic rings. The van der Waals surface area contributed by atoms with Gasteiger partial charge in [0.25, 0.3) is 0 Å². The number of carbonyl (C=O) groups excluding carboxylic acids is 2. The van der Waals surface area contributed by atoms with Crippen LogP contribution < -0.4 is 4.90 Å². The van der Waals surface area contributed by atoms with Gasteiger partial charge >= 0.3 is 5.97 Å². The van der Waals surface area contributed by atoms with Gasteiger partial charge in [0, 0.05) is 37.4 Å². The first kappa shape index (κ1) is 15.5. The molecule has 2 rings (SSSR count). The Bertz CT molecular complexity index is 491. The molecule has 0 unspecified atom stereocenters. The highest BCUT2D eigenvalue weighted by Gasteiger charge is 2.19. The fraction of sp³-hybridized carbons (Fsp3) is 0.500. The van der Waals surface area contributed by atoms with Gasteiger partial charge in [0.05, 0.1) is 13.2 Å². The standard InChI is InChI=1S/C16H22N2O3/c1-3-21-16(20)12-17-8-10-18(11-9-17)15-6-4-14(5-7-15)13(2)19/h4-7H,3,8-12H2,1-2H3. The van der Waals surface area contributed by atoms with E-state index in [2.05, 4.69) is 9.80 Å². The Kier molecular flexibility index (Phi) is 5.33. The second-order valence-electron chi connectivity index (χ2n) is 5.17. The zero-order valence-electron chi connectivity index (χ0n) is 12.7. The Morgan fingerprint density at radius 1 is 1.10 bits per heavy atom. The van der Waals surface area contributed by atoms with E-state index in [4.69, 9.17) is 4.74 Å². The number of ether oxygens (including phenoxy) is 1. The number of esters is 1. The van der Waals surface area contributed by atoms with Crippen LogP contribution in [-0.2, 0) is 9.53 Å². The van der Waals surface area contributed by atoms with E-state index in [1.807, 2.05) is 31.2 Å². The van der Waals surface area contributed by atoms with Crippen LogP contribution in [0.4, 0.5) is 5.69 Å². The first-order chi connectivity index (χ1) is 10.1. The van der Waals surface area contributed by atoms with Gasteiger partial charge in [-0.05, 0) is 38.1 Å². The van der Waals surface area contributed by atoms with Gasteiger partial charge in [-0.15, -0.1) is 0 Å². The monoisotopic (exact) mass is 290 g/mol. The molecular weight excluding hydrogens is 268 g/mol. The summed E-state index contributed by atoms with van der Waals surface area (Å²) in [5.74, 6) is -0.0717. The van der Waals surface area contributed by atoms with Crippen LogP contribution in [0.25, 0.3) is 0 Å². The Labute approximate surface area is 125 Å². The molecule has 1 aromatic carbocycles. The third-order valence-corrected chi connectivity index (χ3v) is 3.67. The lowest BCUT2D eigenvalue weighted by atomic mass is 10.1. The minimum atomic E-state index is -0.156. The lowest BCUT2D eigenvalue weighted by molar-refractivity contribution is -0.144. The quantitative estimate of drug-likeness (QED) is 0.608. The van der Waals surface area contributed by atoms with E-state index in [1.54, 1.807) is 6.92 Å². The van der Waals surface area contributed by atoms with E-state index in [0.29, 0.717) is 13.2 Å². The van der Waals surface area contributed by atoms with Crippen molar-refractivity contribution in [2.24, 2.45) is 0 Å². The summed E-state index contributed by atoms with van der Waals surface area (Å²) in [7, 11) is 0. The van der Waals surface area contributed by atoms with Crippen molar-refractivity contribution in [2.45, 2.75) is 13.8 Å². The van der Waals surface area contributed by atoms with Crippen molar-refractivity contribution < 1.29 is 14.3 Å². The number of nitrogens with zero attached hydrogens (tertiary/aromatic N) is 2. The van der Waals surface area contributed by atoms with Crippen LogP contribution in [-0.4, -0.2) is 56.0 Å². The molecule has 0 aliphatic carbocycles. The molecule has 5 heteroatoms. The van der Waals surface area contributed by atoms with Crippen LogP contribution in [0.5, 0.6) is 0 Å². The maximum Gasteiger partial charge on any atom is 0.320 e. The molecule has 21 heavy (non-hydrogen) atoms. The molecule has 1 aliphatic rings. The van der Waals surface area contributed by atoms with E-state index in [-0.39, 0.29) is 11.8 Å². The molecule has 0 radical (unpaired) electrons. The van der Waals surface area contributed by atoms with Crippen LogP contribution in [0.3, 0.4) is 0 Å². The molecule has 0 N–H and O–H groups in total. The van der Waals surface area contributed by atoms with Gasteiger partial charge in [0.1, 0.15) is 0 Å². The van der Waals surface area contributed by atoms with Gasteiger partial charge in [-0.25, -0.2) is 0 Å². The number of piperazine rings is 1. The van der Waals surface area contributed by atoms with Gasteiger partial charge in [-0.1, -0.05) is 0 Å². The summed E-state index contributed by atoms with van der Waals surface area (Å²) < 4.78 is 4.97. The number of carbonyl (C=O) groups is 2. The molecule has 0 spiro atoms. The number of anilines is 1. The smallest absolute Gasteiger partial charge is 0.320 e. The predicted molar refractivity (Wildman–Crippen MR) is 81.7 cm³/mol. The summed E-state index contributed by atoms with van der Waals surface area (Å²) in [6.45, 7) is 7.62. The average molecular weight is 290 g/mol. The lowest BCUT2D eigenvalue weighted by Gasteiger charge is -2.35. The second kappa shape index (κ2) is 7.22. The number of hydrogen-bond donors (Lipinski definition) is 0. The molecule has 0 aromatic heterocycles. The van der Waals surface area contributed by atoms with Gasteiger partial charge in [-0.3, -0.25) is 14.5 Å². The zero-order chi connectivity index (χ0) is 15.2. The highest BCUT2D eigenvalue weighted by molar-refractivity contribution is 5.94. The highest BCUT2D eigenvalue weighted by Crippen LogP contribution is 2.17. The van der Waals surface area contributed by atoms with Gasteiger partial charge in [-0.2, -0.15) is 0 Å². The first-order valence-electron chi connectivity index (χ1n) is 7.34. The minimum Gasteiger partial charge on any atom is -0.465 e. The Morgan fingerprint density at radius 2 is 1.71 bits per heavy atom. The molecule has 1 fully saturated rings. The number of benzene rings is 1. The van der Waals surface area contributed by atoms with Gasteiger partial charge in [0.2, 0.25) is 0 Å². The van der Waals surface area contributed by atoms with Gasteiger partial charge < -0.3 is 9.64 Å². The SMILES string of the molecule is CCOC(=O)CN1CCN(c2ccc(C(C)=O)cc2)CC1. The third-order valence-electron chi connectivity index (χ3n) is 3.67. The molecule has 0 amide bonds. The number of ketones is 1. The molecule has 1 saturated heterocycles. The Morgan fingerprint density at radius 3 is 2.24 bits per heavy atom. The van der Waals surface area contributed by atoms with Crippen molar-refractivity contribution in [1.82, 2.24) is 4.90 Å². The van der Waals surface area contributed by atoms with Crippen molar-refractivity contribution in [3.8, 4) is 0 Å².